The maximum atomic E-state index is 10.1. The summed E-state index contributed by atoms with van der Waals surface area (Å²) in [5, 5.41) is 8.31. The Hall–Kier alpha value is -0.900. The third-order valence-corrected chi connectivity index (χ3v) is 1.39. The smallest absolute Gasteiger partial charge is 0.304 e. The highest BCUT2D eigenvalue weighted by atomic mass is 16.4. The minimum Gasteiger partial charge on any atom is -0.481 e. The van der Waals surface area contributed by atoms with Crippen molar-refractivity contribution in [1.29, 1.82) is 0 Å². The summed E-state index contributed by atoms with van der Waals surface area (Å²) in [6.45, 7) is 2.07. The second-order valence-electron chi connectivity index (χ2n) is 2.23. The van der Waals surface area contributed by atoms with E-state index >= 15 is 0 Å². The summed E-state index contributed by atoms with van der Waals surface area (Å²) in [6.07, 6.45) is 2.02. The van der Waals surface area contributed by atoms with Gasteiger partial charge in [-0.2, -0.15) is 0 Å². The first-order valence-electron chi connectivity index (χ1n) is 3.21. The summed E-state index contributed by atoms with van der Waals surface area (Å²) in [5.41, 5.74) is 0. The van der Waals surface area contributed by atoms with Crippen LogP contribution in [-0.2, 0) is 4.79 Å². The van der Waals surface area contributed by atoms with E-state index in [0.717, 1.165) is 6.54 Å². The molecule has 0 aromatic carbocycles. The molecule has 4 nitrogen and oxygen atoms in total. The molecule has 0 radical (unpaired) electrons. The molecule has 0 atom stereocenters. The number of rotatable bonds is 3. The van der Waals surface area contributed by atoms with Gasteiger partial charge < -0.3 is 5.11 Å². The minimum atomic E-state index is -0.744. The highest BCUT2D eigenvalue weighted by Crippen LogP contribution is 1.95. The van der Waals surface area contributed by atoms with Crippen LogP contribution in [-0.4, -0.2) is 41.9 Å². The number of aliphatic imine (C=N–C) groups is 1. The first-order chi connectivity index (χ1) is 4.79. The molecule has 10 heavy (non-hydrogen) atoms. The zero-order valence-corrected chi connectivity index (χ0v) is 5.66. The molecule has 1 N–H and O–H groups in total. The standard InChI is InChI=1S/C6H10N2O2/c9-6(10)1-3-8-4-2-7-5-8/h2H,1,3-5H2,(H,9,10). The van der Waals surface area contributed by atoms with Crippen LogP contribution in [0, 0.1) is 0 Å². The average Bonchev–Trinajstić information content (AvgIpc) is 2.34. The van der Waals surface area contributed by atoms with Gasteiger partial charge in [-0.1, -0.05) is 0 Å². The van der Waals surface area contributed by atoms with Crippen LogP contribution in [0.1, 0.15) is 6.42 Å². The monoisotopic (exact) mass is 142 g/mol. The van der Waals surface area contributed by atoms with Gasteiger partial charge in [0, 0.05) is 19.3 Å². The Morgan fingerprint density at radius 2 is 2.60 bits per heavy atom. The van der Waals surface area contributed by atoms with Crippen LogP contribution in [0.15, 0.2) is 4.99 Å². The Bertz CT molecular complexity index is 148. The molecular weight excluding hydrogens is 132 g/mol. The lowest BCUT2D eigenvalue weighted by molar-refractivity contribution is -0.137. The zero-order chi connectivity index (χ0) is 7.40. The fourth-order valence-electron chi connectivity index (χ4n) is 0.820. The van der Waals surface area contributed by atoms with E-state index in [1.165, 1.54) is 0 Å². The third kappa shape index (κ3) is 2.14. The van der Waals surface area contributed by atoms with E-state index in [-0.39, 0.29) is 6.42 Å². The quantitative estimate of drug-likeness (QED) is 0.594. The Morgan fingerprint density at radius 3 is 3.10 bits per heavy atom. The fourth-order valence-corrected chi connectivity index (χ4v) is 0.820. The van der Waals surface area contributed by atoms with E-state index in [1.807, 2.05) is 11.1 Å². The maximum Gasteiger partial charge on any atom is 0.304 e. The molecule has 1 rings (SSSR count). The average molecular weight is 142 g/mol. The first kappa shape index (κ1) is 7.21. The predicted molar refractivity (Wildman–Crippen MR) is 37.2 cm³/mol. The largest absolute Gasteiger partial charge is 0.481 e. The van der Waals surface area contributed by atoms with Gasteiger partial charge in [0.1, 0.15) is 0 Å². The van der Waals surface area contributed by atoms with E-state index in [0.29, 0.717) is 13.2 Å². The van der Waals surface area contributed by atoms with Gasteiger partial charge in [0.25, 0.3) is 0 Å². The highest BCUT2D eigenvalue weighted by Gasteiger charge is 2.07. The lowest BCUT2D eigenvalue weighted by atomic mass is 10.4. The van der Waals surface area contributed by atoms with Crippen molar-refractivity contribution >= 4 is 12.2 Å². The van der Waals surface area contributed by atoms with Gasteiger partial charge in [0.2, 0.25) is 0 Å². The van der Waals surface area contributed by atoms with Crippen molar-refractivity contribution in [3.05, 3.63) is 0 Å². The molecule has 1 heterocycles. The van der Waals surface area contributed by atoms with Gasteiger partial charge in [-0.05, 0) is 0 Å². The van der Waals surface area contributed by atoms with Crippen LogP contribution in [0.25, 0.3) is 0 Å². The van der Waals surface area contributed by atoms with E-state index in [1.54, 1.807) is 0 Å². The van der Waals surface area contributed by atoms with E-state index in [4.69, 9.17) is 5.11 Å². The number of aliphatic carboxylic acids is 1. The molecule has 0 amide bonds. The lowest BCUT2D eigenvalue weighted by Crippen LogP contribution is -2.23. The van der Waals surface area contributed by atoms with Crippen LogP contribution in [0.3, 0.4) is 0 Å². The van der Waals surface area contributed by atoms with Gasteiger partial charge in [-0.25, -0.2) is 0 Å². The molecule has 0 unspecified atom stereocenters. The van der Waals surface area contributed by atoms with E-state index < -0.39 is 5.97 Å². The van der Waals surface area contributed by atoms with Crippen molar-refractivity contribution in [1.82, 2.24) is 4.90 Å². The number of carboxylic acid groups (broad SMARTS) is 1. The molecule has 1 aliphatic rings. The molecular formula is C6H10N2O2. The van der Waals surface area contributed by atoms with Gasteiger partial charge >= 0.3 is 5.97 Å². The maximum absolute atomic E-state index is 10.1. The molecule has 56 valence electrons. The molecule has 4 heteroatoms. The highest BCUT2D eigenvalue weighted by molar-refractivity contribution is 5.67. The van der Waals surface area contributed by atoms with Crippen LogP contribution < -0.4 is 0 Å². The molecule has 0 saturated heterocycles. The van der Waals surface area contributed by atoms with Gasteiger partial charge in [0.15, 0.2) is 0 Å². The van der Waals surface area contributed by atoms with Crippen LogP contribution >= 0.6 is 0 Å². The topological polar surface area (TPSA) is 52.9 Å². The number of hydrogen-bond donors (Lipinski definition) is 1. The second-order valence-corrected chi connectivity index (χ2v) is 2.23. The van der Waals surface area contributed by atoms with Crippen molar-refractivity contribution in [2.45, 2.75) is 6.42 Å². The van der Waals surface area contributed by atoms with Crippen LogP contribution in [0.4, 0.5) is 0 Å². The Labute approximate surface area is 59.2 Å². The molecule has 0 aromatic heterocycles. The number of nitrogens with zero attached hydrogens (tertiary/aromatic N) is 2. The summed E-state index contributed by atoms with van der Waals surface area (Å²) in [6, 6.07) is 0. The van der Waals surface area contributed by atoms with E-state index in [9.17, 15) is 4.79 Å². The Morgan fingerprint density at radius 1 is 1.80 bits per heavy atom. The molecule has 0 spiro atoms. The number of carbonyl (C=O) groups is 1. The van der Waals surface area contributed by atoms with Crippen LogP contribution in [0.5, 0.6) is 0 Å². The SMILES string of the molecule is O=C(O)CCN1CC=NC1. The predicted octanol–water partition coefficient (Wildman–Crippen LogP) is -0.195. The van der Waals surface area contributed by atoms with Crippen molar-refractivity contribution in [2.24, 2.45) is 4.99 Å². The molecule has 0 aliphatic carbocycles. The van der Waals surface area contributed by atoms with Crippen molar-refractivity contribution in [2.75, 3.05) is 19.8 Å². The summed E-state index contributed by atoms with van der Waals surface area (Å²) in [4.78, 5) is 16.0. The molecule has 0 saturated carbocycles. The molecule has 0 bridgehead atoms. The first-order valence-corrected chi connectivity index (χ1v) is 3.21. The number of hydrogen-bond acceptors (Lipinski definition) is 3. The third-order valence-electron chi connectivity index (χ3n) is 1.39. The molecule has 0 fully saturated rings. The van der Waals surface area contributed by atoms with Crippen molar-refractivity contribution in [3.63, 3.8) is 0 Å². The molecule has 0 aromatic rings. The zero-order valence-electron chi connectivity index (χ0n) is 5.66. The fraction of sp³-hybridized carbons (Fsp3) is 0.667. The second kappa shape index (κ2) is 3.31. The summed E-state index contributed by atoms with van der Waals surface area (Å²) >= 11 is 0. The summed E-state index contributed by atoms with van der Waals surface area (Å²) < 4.78 is 0. The van der Waals surface area contributed by atoms with Crippen molar-refractivity contribution < 1.29 is 9.90 Å². The molecule has 1 aliphatic heterocycles. The Kier molecular flexibility index (Phi) is 2.39. The summed E-state index contributed by atoms with van der Waals surface area (Å²) in [7, 11) is 0. The number of carboxylic acids is 1. The lowest BCUT2D eigenvalue weighted by Gasteiger charge is -2.10. The van der Waals surface area contributed by atoms with Gasteiger partial charge in [-0.15, -0.1) is 0 Å². The summed E-state index contributed by atoms with van der Waals surface area (Å²) in [5.74, 6) is -0.744. The normalized spacial score (nSPS) is 18.0. The van der Waals surface area contributed by atoms with Crippen molar-refractivity contribution in [3.8, 4) is 0 Å². The van der Waals surface area contributed by atoms with Gasteiger partial charge in [0.05, 0.1) is 13.1 Å². The van der Waals surface area contributed by atoms with E-state index in [2.05, 4.69) is 4.99 Å². The Balaban J connectivity index is 2.09. The minimum absolute atomic E-state index is 0.212. The van der Waals surface area contributed by atoms with Gasteiger partial charge in [-0.3, -0.25) is 14.7 Å². The van der Waals surface area contributed by atoms with Crippen LogP contribution in [0.2, 0.25) is 0 Å².